The number of nitrogens with one attached hydrogen (secondary N) is 1. The Labute approximate surface area is 110 Å². The van der Waals surface area contributed by atoms with E-state index in [-0.39, 0.29) is 22.3 Å². The van der Waals surface area contributed by atoms with Crippen LogP contribution in [-0.4, -0.2) is 36.1 Å². The normalized spacial score (nSPS) is 11.2. The topological polar surface area (TPSA) is 68.3 Å². The van der Waals surface area contributed by atoms with Gasteiger partial charge in [0.1, 0.15) is 11.4 Å². The molecule has 1 heterocycles. The van der Waals surface area contributed by atoms with Gasteiger partial charge in [0.15, 0.2) is 16.6 Å². The fourth-order valence-electron chi connectivity index (χ4n) is 1.15. The molecule has 0 amide bonds. The summed E-state index contributed by atoms with van der Waals surface area (Å²) in [6.07, 6.45) is -4.41. The molecule has 0 bridgehead atoms. The van der Waals surface area contributed by atoms with Crippen molar-refractivity contribution in [2.75, 3.05) is 18.5 Å². The summed E-state index contributed by atoms with van der Waals surface area (Å²) in [4.78, 5) is 26.4. The highest BCUT2D eigenvalue weighted by Crippen LogP contribution is 2.25. The number of anilines is 1. The number of aromatic nitrogens is 1. The summed E-state index contributed by atoms with van der Waals surface area (Å²) in [6, 6.07) is 0. The number of nitrogens with zero attached hydrogens (tertiary/aromatic N) is 1. The number of carbonyl (C=O) groups excluding carboxylic acids is 2. The molecular formula is C10H11F3N2O3S. The van der Waals surface area contributed by atoms with Gasteiger partial charge in [-0.1, -0.05) is 11.3 Å². The Kier molecular flexibility index (Phi) is 4.87. The van der Waals surface area contributed by atoms with Crippen LogP contribution in [0.2, 0.25) is 0 Å². The van der Waals surface area contributed by atoms with Crippen molar-refractivity contribution in [2.45, 2.75) is 20.0 Å². The van der Waals surface area contributed by atoms with Crippen LogP contribution in [0, 0.1) is 0 Å². The van der Waals surface area contributed by atoms with E-state index >= 15 is 0 Å². The summed E-state index contributed by atoms with van der Waals surface area (Å²) in [5.74, 6) is -1.29. The van der Waals surface area contributed by atoms with E-state index in [0.717, 1.165) is 0 Å². The second-order valence-electron chi connectivity index (χ2n) is 3.44. The number of ketones is 1. The SMILES string of the molecule is CCOC(=O)c1nc(NCC(F)(F)F)sc1C(C)=O. The summed E-state index contributed by atoms with van der Waals surface area (Å²) < 4.78 is 40.8. The molecule has 1 rings (SSSR count). The third-order valence-corrected chi connectivity index (χ3v) is 2.97. The summed E-state index contributed by atoms with van der Waals surface area (Å²) in [5.41, 5.74) is -0.260. The lowest BCUT2D eigenvalue weighted by atomic mass is 10.3. The van der Waals surface area contributed by atoms with Crippen molar-refractivity contribution in [1.29, 1.82) is 0 Å². The highest BCUT2D eigenvalue weighted by molar-refractivity contribution is 7.17. The number of Topliss-reactive ketones (excluding diaryl/α,β-unsaturated/α-hetero) is 1. The number of carbonyl (C=O) groups is 2. The fraction of sp³-hybridized carbons (Fsp3) is 0.500. The van der Waals surface area contributed by atoms with E-state index in [1.54, 1.807) is 6.92 Å². The number of thiazole rings is 1. The lowest BCUT2D eigenvalue weighted by molar-refractivity contribution is -0.115. The third-order valence-electron chi connectivity index (χ3n) is 1.86. The molecule has 9 heteroatoms. The molecule has 0 radical (unpaired) electrons. The fourth-order valence-corrected chi connectivity index (χ4v) is 1.99. The maximum atomic E-state index is 12.0. The van der Waals surface area contributed by atoms with Gasteiger partial charge in [0.05, 0.1) is 6.61 Å². The van der Waals surface area contributed by atoms with E-state index in [0.29, 0.717) is 11.3 Å². The van der Waals surface area contributed by atoms with Crippen LogP contribution in [-0.2, 0) is 4.74 Å². The zero-order valence-corrected chi connectivity index (χ0v) is 10.9. The molecule has 106 valence electrons. The number of hydrogen-bond acceptors (Lipinski definition) is 6. The van der Waals surface area contributed by atoms with Crippen LogP contribution in [0.5, 0.6) is 0 Å². The van der Waals surface area contributed by atoms with E-state index in [4.69, 9.17) is 0 Å². The standard InChI is InChI=1S/C10H11F3N2O3S/c1-3-18-8(17)6-7(5(2)16)19-9(15-6)14-4-10(11,12)13/h3-4H2,1-2H3,(H,14,15). The molecule has 0 aromatic carbocycles. The van der Waals surface area contributed by atoms with Gasteiger partial charge >= 0.3 is 12.1 Å². The van der Waals surface area contributed by atoms with Crippen molar-refractivity contribution in [3.05, 3.63) is 10.6 Å². The molecule has 0 unspecified atom stereocenters. The molecule has 0 saturated carbocycles. The van der Waals surface area contributed by atoms with Crippen LogP contribution in [0.4, 0.5) is 18.3 Å². The number of alkyl halides is 3. The Morgan fingerprint density at radius 2 is 2.05 bits per heavy atom. The summed E-state index contributed by atoms with van der Waals surface area (Å²) >= 11 is 0.690. The van der Waals surface area contributed by atoms with Crippen LogP contribution >= 0.6 is 11.3 Å². The van der Waals surface area contributed by atoms with Gasteiger partial charge in [-0.15, -0.1) is 0 Å². The molecule has 19 heavy (non-hydrogen) atoms. The molecular weight excluding hydrogens is 285 g/mol. The molecule has 1 aromatic heterocycles. The molecule has 0 fully saturated rings. The van der Waals surface area contributed by atoms with Crippen molar-refractivity contribution in [3.63, 3.8) is 0 Å². The van der Waals surface area contributed by atoms with Crippen molar-refractivity contribution < 1.29 is 27.5 Å². The van der Waals surface area contributed by atoms with Gasteiger partial charge in [0.25, 0.3) is 0 Å². The average Bonchev–Trinajstić information content (AvgIpc) is 2.70. The smallest absolute Gasteiger partial charge is 0.405 e. The Bertz CT molecular complexity index is 485. The third kappa shape index (κ3) is 4.51. The lowest BCUT2D eigenvalue weighted by Gasteiger charge is -2.05. The van der Waals surface area contributed by atoms with Gasteiger partial charge in [-0.3, -0.25) is 4.79 Å². The first-order chi connectivity index (χ1) is 8.74. The van der Waals surface area contributed by atoms with Gasteiger partial charge < -0.3 is 10.1 Å². The minimum atomic E-state index is -4.41. The molecule has 1 aromatic rings. The predicted octanol–water partition coefficient (Wildman–Crippen LogP) is 2.50. The average molecular weight is 296 g/mol. The largest absolute Gasteiger partial charge is 0.461 e. The summed E-state index contributed by atoms with van der Waals surface area (Å²) in [7, 11) is 0. The molecule has 0 spiro atoms. The molecule has 0 aliphatic rings. The number of esters is 1. The van der Waals surface area contributed by atoms with Crippen molar-refractivity contribution in [1.82, 2.24) is 4.98 Å². The highest BCUT2D eigenvalue weighted by atomic mass is 32.1. The molecule has 1 N–H and O–H groups in total. The zero-order chi connectivity index (χ0) is 14.6. The molecule has 0 aliphatic carbocycles. The van der Waals surface area contributed by atoms with E-state index in [1.165, 1.54) is 6.92 Å². The first-order valence-electron chi connectivity index (χ1n) is 5.24. The van der Waals surface area contributed by atoms with Gasteiger partial charge in [0, 0.05) is 6.92 Å². The maximum absolute atomic E-state index is 12.0. The molecule has 0 aliphatic heterocycles. The van der Waals surface area contributed by atoms with Gasteiger partial charge in [-0.25, -0.2) is 9.78 Å². The first kappa shape index (κ1) is 15.4. The van der Waals surface area contributed by atoms with Gasteiger partial charge in [0.2, 0.25) is 0 Å². The minimum absolute atomic E-state index is 0.0249. The van der Waals surface area contributed by atoms with Crippen molar-refractivity contribution in [3.8, 4) is 0 Å². The predicted molar refractivity (Wildman–Crippen MR) is 62.6 cm³/mol. The van der Waals surface area contributed by atoms with Gasteiger partial charge in [-0.2, -0.15) is 13.2 Å². The number of halogens is 3. The number of hydrogen-bond donors (Lipinski definition) is 1. The Hall–Kier alpha value is -1.64. The van der Waals surface area contributed by atoms with Gasteiger partial charge in [-0.05, 0) is 6.92 Å². The van der Waals surface area contributed by atoms with Crippen molar-refractivity contribution >= 4 is 28.2 Å². The molecule has 0 atom stereocenters. The summed E-state index contributed by atoms with van der Waals surface area (Å²) in [5, 5.41) is 1.87. The Morgan fingerprint density at radius 3 is 2.53 bits per heavy atom. The number of rotatable bonds is 5. The lowest BCUT2D eigenvalue weighted by Crippen LogP contribution is -2.21. The van der Waals surface area contributed by atoms with Crippen LogP contribution in [0.3, 0.4) is 0 Å². The maximum Gasteiger partial charge on any atom is 0.405 e. The summed E-state index contributed by atoms with van der Waals surface area (Å²) in [6.45, 7) is 1.56. The molecule has 0 saturated heterocycles. The second-order valence-corrected chi connectivity index (χ2v) is 4.44. The molecule has 5 nitrogen and oxygen atoms in total. The minimum Gasteiger partial charge on any atom is -0.461 e. The zero-order valence-electron chi connectivity index (χ0n) is 10.1. The van der Waals surface area contributed by atoms with E-state index in [1.807, 2.05) is 5.32 Å². The monoisotopic (exact) mass is 296 g/mol. The van der Waals surface area contributed by atoms with Crippen LogP contribution in [0.15, 0.2) is 0 Å². The van der Waals surface area contributed by atoms with E-state index < -0.39 is 24.5 Å². The van der Waals surface area contributed by atoms with Crippen molar-refractivity contribution in [2.24, 2.45) is 0 Å². The Morgan fingerprint density at radius 1 is 1.42 bits per heavy atom. The first-order valence-corrected chi connectivity index (χ1v) is 6.05. The Balaban J connectivity index is 2.94. The van der Waals surface area contributed by atoms with Crippen LogP contribution in [0.1, 0.15) is 34.0 Å². The van der Waals surface area contributed by atoms with Crippen LogP contribution < -0.4 is 5.32 Å². The number of ether oxygens (including phenoxy) is 1. The van der Waals surface area contributed by atoms with E-state index in [2.05, 4.69) is 9.72 Å². The highest BCUT2D eigenvalue weighted by Gasteiger charge is 2.28. The van der Waals surface area contributed by atoms with Crippen LogP contribution in [0.25, 0.3) is 0 Å². The quantitative estimate of drug-likeness (QED) is 0.668. The second kappa shape index (κ2) is 6.00. The van der Waals surface area contributed by atoms with E-state index in [9.17, 15) is 22.8 Å².